The second kappa shape index (κ2) is 10.9. The lowest BCUT2D eigenvalue weighted by Gasteiger charge is -2.08. The molecule has 0 atom stereocenters. The van der Waals surface area contributed by atoms with Crippen LogP contribution in [0.25, 0.3) is 22.4 Å². The fourth-order valence-corrected chi connectivity index (χ4v) is 5.91. The molecule has 2 N–H and O–H groups in total. The van der Waals surface area contributed by atoms with E-state index in [4.69, 9.17) is 9.15 Å². The lowest BCUT2D eigenvalue weighted by atomic mass is 10.1. The summed E-state index contributed by atoms with van der Waals surface area (Å²) in [4.78, 5) is 21.3. The number of oxazole rings is 1. The number of thiazole rings is 1. The Hall–Kier alpha value is -3.87. The quantitative estimate of drug-likeness (QED) is 0.215. The van der Waals surface area contributed by atoms with E-state index < -0.39 is 10.0 Å². The number of benzene rings is 3. The Kier molecular flexibility index (Phi) is 7.36. The zero-order valence-corrected chi connectivity index (χ0v) is 22.7. The minimum atomic E-state index is -3.84. The molecule has 0 fully saturated rings. The van der Waals surface area contributed by atoms with Crippen molar-refractivity contribution in [2.45, 2.75) is 17.0 Å². The first kappa shape index (κ1) is 25.8. The van der Waals surface area contributed by atoms with Gasteiger partial charge in [-0.15, -0.1) is 11.3 Å². The Morgan fingerprint density at radius 3 is 2.55 bits per heavy atom. The third kappa shape index (κ3) is 5.98. The second-order valence-corrected chi connectivity index (χ2v) is 11.7. The summed E-state index contributed by atoms with van der Waals surface area (Å²) in [5.41, 5.74) is 4.13. The first-order valence-electron chi connectivity index (χ1n) is 11.3. The Bertz CT molecular complexity index is 1700. The number of methoxy groups -OCH3 is 1. The predicted molar refractivity (Wildman–Crippen MR) is 149 cm³/mol. The Balaban J connectivity index is 1.21. The average molecular weight is 567 g/mol. The summed E-state index contributed by atoms with van der Waals surface area (Å²) in [5.74, 6) is 0.416. The van der Waals surface area contributed by atoms with Crippen LogP contribution < -0.4 is 14.8 Å². The molecule has 5 aromatic rings. The van der Waals surface area contributed by atoms with Crippen molar-refractivity contribution in [2.75, 3.05) is 22.9 Å². The van der Waals surface area contributed by atoms with Crippen LogP contribution in [0.5, 0.6) is 5.75 Å². The third-order valence-corrected chi connectivity index (χ3v) is 8.38. The van der Waals surface area contributed by atoms with E-state index in [0.29, 0.717) is 27.7 Å². The summed E-state index contributed by atoms with van der Waals surface area (Å²) in [5, 5.41) is 5.44. The molecule has 9 nitrogen and oxygen atoms in total. The summed E-state index contributed by atoms with van der Waals surface area (Å²) >= 11 is 2.46. The smallest absolute Gasteiger partial charge is 0.261 e. The number of nitrogens with zero attached hydrogens (tertiary/aromatic N) is 2. The molecule has 1 amide bonds. The van der Waals surface area contributed by atoms with Crippen LogP contribution in [0.3, 0.4) is 0 Å². The number of aromatic nitrogens is 2. The van der Waals surface area contributed by atoms with Gasteiger partial charge in [-0.05, 0) is 49.4 Å². The Morgan fingerprint density at radius 2 is 1.82 bits per heavy atom. The van der Waals surface area contributed by atoms with Crippen molar-refractivity contribution in [1.29, 1.82) is 0 Å². The van der Waals surface area contributed by atoms with Gasteiger partial charge in [-0.25, -0.2) is 18.4 Å². The minimum Gasteiger partial charge on any atom is -0.497 e. The Morgan fingerprint density at radius 1 is 1.05 bits per heavy atom. The van der Waals surface area contributed by atoms with E-state index in [0.717, 1.165) is 28.6 Å². The van der Waals surface area contributed by atoms with Crippen molar-refractivity contribution in [1.82, 2.24) is 9.97 Å². The van der Waals surface area contributed by atoms with Crippen molar-refractivity contribution in [3.63, 3.8) is 0 Å². The fraction of sp³-hybridized carbons (Fsp3) is 0.115. The first-order valence-corrected chi connectivity index (χ1v) is 14.7. The zero-order valence-electron chi connectivity index (χ0n) is 20.3. The SMILES string of the molecule is COc1ccc(NS(=O)(=O)c2ccc3oc(SCC(=O)Nc4nc(-c5ccc(C)cc5)cs4)nc3c2)cc1. The van der Waals surface area contributed by atoms with E-state index in [1.807, 2.05) is 36.6 Å². The topological polar surface area (TPSA) is 123 Å². The number of rotatable bonds is 9. The van der Waals surface area contributed by atoms with Crippen LogP contribution in [-0.4, -0.2) is 37.2 Å². The molecule has 0 saturated carbocycles. The third-order valence-electron chi connectivity index (χ3n) is 5.42. The number of sulfonamides is 1. The van der Waals surface area contributed by atoms with Crippen LogP contribution in [-0.2, 0) is 14.8 Å². The molecular weight excluding hydrogens is 545 g/mol. The van der Waals surface area contributed by atoms with Crippen LogP contribution in [0, 0.1) is 6.92 Å². The molecule has 0 spiro atoms. The monoisotopic (exact) mass is 566 g/mol. The van der Waals surface area contributed by atoms with Gasteiger partial charge in [0.25, 0.3) is 15.2 Å². The van der Waals surface area contributed by atoms with Gasteiger partial charge in [-0.1, -0.05) is 41.6 Å². The molecule has 2 aromatic heterocycles. The maximum atomic E-state index is 12.8. The zero-order chi connectivity index (χ0) is 26.7. The van der Waals surface area contributed by atoms with Gasteiger partial charge >= 0.3 is 0 Å². The lowest BCUT2D eigenvalue weighted by molar-refractivity contribution is -0.113. The molecule has 38 heavy (non-hydrogen) atoms. The van der Waals surface area contributed by atoms with Gasteiger partial charge in [0.1, 0.15) is 11.3 Å². The number of hydrogen-bond acceptors (Lipinski definition) is 9. The highest BCUT2D eigenvalue weighted by Crippen LogP contribution is 2.28. The number of carbonyl (C=O) groups is 1. The second-order valence-electron chi connectivity index (χ2n) is 8.18. The minimum absolute atomic E-state index is 0.0385. The van der Waals surface area contributed by atoms with Crippen LogP contribution in [0.2, 0.25) is 0 Å². The average Bonchev–Trinajstić information content (AvgIpc) is 3.54. The maximum Gasteiger partial charge on any atom is 0.261 e. The number of amides is 1. The number of hydrogen-bond donors (Lipinski definition) is 2. The number of anilines is 2. The molecule has 0 unspecified atom stereocenters. The number of fused-ring (bicyclic) bond motifs is 1. The van der Waals surface area contributed by atoms with Crippen LogP contribution in [0.1, 0.15) is 5.56 Å². The summed E-state index contributed by atoms with van der Waals surface area (Å²) in [6.07, 6.45) is 0. The molecule has 194 valence electrons. The van der Waals surface area contributed by atoms with E-state index in [2.05, 4.69) is 20.0 Å². The first-order chi connectivity index (χ1) is 18.3. The van der Waals surface area contributed by atoms with Crippen molar-refractivity contribution in [3.05, 3.63) is 77.7 Å². The van der Waals surface area contributed by atoms with Gasteiger partial charge in [-0.3, -0.25) is 9.52 Å². The van der Waals surface area contributed by atoms with Crippen LogP contribution in [0.15, 0.2) is 86.6 Å². The summed E-state index contributed by atoms with van der Waals surface area (Å²) in [6.45, 7) is 2.02. The largest absolute Gasteiger partial charge is 0.497 e. The van der Waals surface area contributed by atoms with E-state index >= 15 is 0 Å². The molecule has 0 radical (unpaired) electrons. The van der Waals surface area contributed by atoms with Crippen LogP contribution in [0.4, 0.5) is 10.8 Å². The summed E-state index contributed by atoms with van der Waals surface area (Å²) in [7, 11) is -2.31. The number of carbonyl (C=O) groups excluding carboxylic acids is 1. The number of aryl methyl sites for hydroxylation is 1. The van der Waals surface area contributed by atoms with E-state index in [1.165, 1.54) is 36.6 Å². The molecule has 2 heterocycles. The molecule has 0 aliphatic rings. The van der Waals surface area contributed by atoms with E-state index in [9.17, 15) is 13.2 Å². The molecule has 3 aromatic carbocycles. The highest BCUT2D eigenvalue weighted by molar-refractivity contribution is 7.99. The fourth-order valence-electron chi connectivity index (χ4n) is 3.46. The molecule has 0 aliphatic heterocycles. The molecule has 12 heteroatoms. The van der Waals surface area contributed by atoms with Gasteiger partial charge in [0.2, 0.25) is 5.91 Å². The van der Waals surface area contributed by atoms with Gasteiger partial charge < -0.3 is 14.5 Å². The van der Waals surface area contributed by atoms with Crippen molar-refractivity contribution < 1.29 is 22.4 Å². The van der Waals surface area contributed by atoms with Gasteiger partial charge in [0.15, 0.2) is 10.7 Å². The molecule has 0 aliphatic carbocycles. The van der Waals surface area contributed by atoms with Crippen LogP contribution >= 0.6 is 23.1 Å². The number of ether oxygens (including phenoxy) is 1. The van der Waals surface area contributed by atoms with Gasteiger partial charge in [0, 0.05) is 16.6 Å². The van der Waals surface area contributed by atoms with Crippen molar-refractivity contribution in [3.8, 4) is 17.0 Å². The highest BCUT2D eigenvalue weighted by Gasteiger charge is 2.18. The Labute approximate surface area is 227 Å². The maximum absolute atomic E-state index is 12.8. The van der Waals surface area contributed by atoms with Gasteiger partial charge in [0.05, 0.1) is 23.5 Å². The standard InChI is InChI=1S/C26H22N4O5S3/c1-16-3-5-17(6-4-16)22-14-36-25(27-22)29-24(31)15-37-26-28-21-13-20(11-12-23(21)35-26)38(32,33)30-18-7-9-19(34-2)10-8-18/h3-14,30H,15H2,1-2H3,(H,27,29,31). The number of nitrogens with one attached hydrogen (secondary N) is 2. The molecule has 0 saturated heterocycles. The summed E-state index contributed by atoms with van der Waals surface area (Å²) < 4.78 is 39.0. The summed E-state index contributed by atoms with van der Waals surface area (Å²) in [6, 6.07) is 19.0. The molecular formula is C26H22N4O5S3. The van der Waals surface area contributed by atoms with Crippen molar-refractivity contribution in [2.24, 2.45) is 0 Å². The number of thioether (sulfide) groups is 1. The van der Waals surface area contributed by atoms with Gasteiger partial charge in [-0.2, -0.15) is 0 Å². The predicted octanol–water partition coefficient (Wildman–Crippen LogP) is 5.80. The normalized spacial score (nSPS) is 11.4. The molecule has 0 bridgehead atoms. The van der Waals surface area contributed by atoms with E-state index in [1.54, 1.807) is 24.3 Å². The highest BCUT2D eigenvalue weighted by atomic mass is 32.2. The van der Waals surface area contributed by atoms with E-state index in [-0.39, 0.29) is 21.8 Å². The van der Waals surface area contributed by atoms with Crippen molar-refractivity contribution >= 4 is 60.9 Å². The lowest BCUT2D eigenvalue weighted by Crippen LogP contribution is -2.13. The molecule has 5 rings (SSSR count).